The number of aromatic nitrogens is 2. The Balaban J connectivity index is 1.81. The normalized spacial score (nSPS) is 25.6. The molecule has 1 aliphatic heterocycles. The first-order valence-corrected chi connectivity index (χ1v) is 6.69. The number of hydrogen-bond donors (Lipinski definition) is 1. The predicted molar refractivity (Wildman–Crippen MR) is 68.8 cm³/mol. The summed E-state index contributed by atoms with van der Waals surface area (Å²) in [4.78, 5) is 11.0. The van der Waals surface area contributed by atoms with Gasteiger partial charge in [0, 0.05) is 12.6 Å². The Labute approximate surface area is 102 Å². The summed E-state index contributed by atoms with van der Waals surface area (Å²) in [5.41, 5.74) is 5.72. The van der Waals surface area contributed by atoms with Gasteiger partial charge in [0.15, 0.2) is 0 Å². The van der Waals surface area contributed by atoms with Crippen LogP contribution in [0.2, 0.25) is 0 Å². The number of nitrogens with two attached hydrogens (primary N) is 1. The standard InChI is InChI=1S/C13H20N4/c14-12-8-15-9-13(16-12)17-7-3-6-11(17)10-4-1-2-5-10/h8-11H,1-7H2,(H2,14,16). The third kappa shape index (κ3) is 2.08. The molecule has 0 bridgehead atoms. The van der Waals surface area contributed by atoms with E-state index in [1.54, 1.807) is 6.20 Å². The molecule has 1 aliphatic carbocycles. The van der Waals surface area contributed by atoms with Gasteiger partial charge in [0.05, 0.1) is 12.4 Å². The van der Waals surface area contributed by atoms with Crippen molar-refractivity contribution in [2.24, 2.45) is 5.92 Å². The molecule has 2 aliphatic rings. The van der Waals surface area contributed by atoms with Gasteiger partial charge in [-0.15, -0.1) is 0 Å². The molecular formula is C13H20N4. The molecule has 0 radical (unpaired) electrons. The van der Waals surface area contributed by atoms with E-state index in [9.17, 15) is 0 Å². The van der Waals surface area contributed by atoms with Crippen LogP contribution in [0.25, 0.3) is 0 Å². The summed E-state index contributed by atoms with van der Waals surface area (Å²) in [6.07, 6.45) is 11.6. The highest BCUT2D eigenvalue weighted by Crippen LogP contribution is 2.37. The molecule has 1 aromatic heterocycles. The number of nitrogens with zero attached hydrogens (tertiary/aromatic N) is 3. The fourth-order valence-electron chi connectivity index (χ4n) is 3.42. The first kappa shape index (κ1) is 10.8. The van der Waals surface area contributed by atoms with E-state index >= 15 is 0 Å². The summed E-state index contributed by atoms with van der Waals surface area (Å²) < 4.78 is 0. The Morgan fingerprint density at radius 1 is 1.12 bits per heavy atom. The molecule has 92 valence electrons. The van der Waals surface area contributed by atoms with Crippen LogP contribution >= 0.6 is 0 Å². The number of rotatable bonds is 2. The van der Waals surface area contributed by atoms with Crippen LogP contribution in [0, 0.1) is 5.92 Å². The van der Waals surface area contributed by atoms with E-state index in [4.69, 9.17) is 5.73 Å². The van der Waals surface area contributed by atoms with Crippen molar-refractivity contribution in [2.75, 3.05) is 17.2 Å². The van der Waals surface area contributed by atoms with Crippen LogP contribution in [-0.4, -0.2) is 22.6 Å². The topological polar surface area (TPSA) is 55.0 Å². The van der Waals surface area contributed by atoms with Gasteiger partial charge >= 0.3 is 0 Å². The van der Waals surface area contributed by atoms with Crippen LogP contribution < -0.4 is 10.6 Å². The Bertz CT molecular complexity index is 387. The molecule has 2 fully saturated rings. The van der Waals surface area contributed by atoms with E-state index in [0.29, 0.717) is 11.9 Å². The van der Waals surface area contributed by atoms with E-state index in [0.717, 1.165) is 18.3 Å². The largest absolute Gasteiger partial charge is 0.382 e. The molecule has 1 aromatic rings. The lowest BCUT2D eigenvalue weighted by Gasteiger charge is -2.30. The lowest BCUT2D eigenvalue weighted by atomic mass is 9.96. The van der Waals surface area contributed by atoms with Crippen LogP contribution in [0.1, 0.15) is 38.5 Å². The highest BCUT2D eigenvalue weighted by Gasteiger charge is 2.34. The van der Waals surface area contributed by atoms with E-state index in [1.165, 1.54) is 38.5 Å². The molecule has 1 saturated heterocycles. The Morgan fingerprint density at radius 2 is 1.94 bits per heavy atom. The number of hydrogen-bond acceptors (Lipinski definition) is 4. The van der Waals surface area contributed by atoms with Crippen molar-refractivity contribution in [1.29, 1.82) is 0 Å². The summed E-state index contributed by atoms with van der Waals surface area (Å²) in [7, 11) is 0. The second kappa shape index (κ2) is 4.51. The van der Waals surface area contributed by atoms with Crippen molar-refractivity contribution in [3.05, 3.63) is 12.4 Å². The quantitative estimate of drug-likeness (QED) is 0.849. The fraction of sp³-hybridized carbons (Fsp3) is 0.692. The Morgan fingerprint density at radius 3 is 2.71 bits per heavy atom. The van der Waals surface area contributed by atoms with Crippen molar-refractivity contribution in [1.82, 2.24) is 9.97 Å². The van der Waals surface area contributed by atoms with Crippen LogP contribution in [-0.2, 0) is 0 Å². The molecule has 1 saturated carbocycles. The average molecular weight is 232 g/mol. The predicted octanol–water partition coefficient (Wildman–Crippen LogP) is 2.22. The molecule has 1 unspecified atom stereocenters. The molecule has 0 aromatic carbocycles. The number of anilines is 2. The summed E-state index contributed by atoms with van der Waals surface area (Å²) in [6, 6.07) is 0.675. The molecule has 4 nitrogen and oxygen atoms in total. The first-order valence-electron chi connectivity index (χ1n) is 6.69. The van der Waals surface area contributed by atoms with Crippen molar-refractivity contribution >= 4 is 11.6 Å². The van der Waals surface area contributed by atoms with Crippen molar-refractivity contribution in [3.63, 3.8) is 0 Å². The molecule has 3 rings (SSSR count). The van der Waals surface area contributed by atoms with Gasteiger partial charge in [0.2, 0.25) is 0 Å². The van der Waals surface area contributed by atoms with E-state index in [-0.39, 0.29) is 0 Å². The zero-order valence-electron chi connectivity index (χ0n) is 10.2. The van der Waals surface area contributed by atoms with Gasteiger partial charge in [0.25, 0.3) is 0 Å². The zero-order valence-corrected chi connectivity index (χ0v) is 10.2. The van der Waals surface area contributed by atoms with Crippen LogP contribution in [0.15, 0.2) is 12.4 Å². The third-order valence-electron chi connectivity index (χ3n) is 4.18. The second-order valence-corrected chi connectivity index (χ2v) is 5.25. The fourth-order valence-corrected chi connectivity index (χ4v) is 3.42. The minimum absolute atomic E-state index is 0.527. The third-order valence-corrected chi connectivity index (χ3v) is 4.18. The summed E-state index contributed by atoms with van der Waals surface area (Å²) in [6.45, 7) is 1.11. The van der Waals surface area contributed by atoms with Gasteiger partial charge in [-0.25, -0.2) is 4.98 Å². The number of nitrogen functional groups attached to an aromatic ring is 1. The lowest BCUT2D eigenvalue weighted by Crippen LogP contribution is -2.35. The molecule has 0 amide bonds. The molecule has 17 heavy (non-hydrogen) atoms. The van der Waals surface area contributed by atoms with Gasteiger partial charge in [-0.05, 0) is 31.6 Å². The molecular weight excluding hydrogens is 212 g/mol. The van der Waals surface area contributed by atoms with Crippen molar-refractivity contribution in [3.8, 4) is 0 Å². The van der Waals surface area contributed by atoms with E-state index < -0.39 is 0 Å². The highest BCUT2D eigenvalue weighted by molar-refractivity contribution is 5.43. The van der Waals surface area contributed by atoms with Crippen LogP contribution in [0.5, 0.6) is 0 Å². The Kier molecular flexibility index (Phi) is 2.87. The summed E-state index contributed by atoms with van der Waals surface area (Å²) >= 11 is 0. The highest BCUT2D eigenvalue weighted by atomic mass is 15.2. The van der Waals surface area contributed by atoms with Gasteiger partial charge < -0.3 is 10.6 Å². The van der Waals surface area contributed by atoms with Crippen molar-refractivity contribution < 1.29 is 0 Å². The smallest absolute Gasteiger partial charge is 0.149 e. The van der Waals surface area contributed by atoms with Gasteiger partial charge in [0.1, 0.15) is 11.6 Å². The second-order valence-electron chi connectivity index (χ2n) is 5.25. The lowest BCUT2D eigenvalue weighted by molar-refractivity contribution is 0.429. The summed E-state index contributed by atoms with van der Waals surface area (Å²) in [5, 5.41) is 0. The maximum atomic E-state index is 5.72. The molecule has 2 N–H and O–H groups in total. The molecule has 1 atom stereocenters. The summed E-state index contributed by atoms with van der Waals surface area (Å²) in [5.74, 6) is 2.36. The first-order chi connectivity index (χ1) is 8.34. The average Bonchev–Trinajstić information content (AvgIpc) is 3.00. The minimum Gasteiger partial charge on any atom is -0.382 e. The SMILES string of the molecule is Nc1cncc(N2CCCC2C2CCCC2)n1. The zero-order chi connectivity index (χ0) is 11.7. The maximum absolute atomic E-state index is 5.72. The van der Waals surface area contributed by atoms with E-state index in [1.807, 2.05) is 6.20 Å². The van der Waals surface area contributed by atoms with Gasteiger partial charge in [-0.1, -0.05) is 12.8 Å². The molecule has 0 spiro atoms. The van der Waals surface area contributed by atoms with Gasteiger partial charge in [-0.2, -0.15) is 0 Å². The van der Waals surface area contributed by atoms with Gasteiger partial charge in [-0.3, -0.25) is 4.98 Å². The molecule has 4 heteroatoms. The molecule has 2 heterocycles. The van der Waals surface area contributed by atoms with Crippen molar-refractivity contribution in [2.45, 2.75) is 44.6 Å². The Hall–Kier alpha value is -1.32. The van der Waals surface area contributed by atoms with E-state index in [2.05, 4.69) is 14.9 Å². The monoisotopic (exact) mass is 232 g/mol. The van der Waals surface area contributed by atoms with Crippen LogP contribution in [0.3, 0.4) is 0 Å². The maximum Gasteiger partial charge on any atom is 0.149 e. The minimum atomic E-state index is 0.527. The van der Waals surface area contributed by atoms with Crippen LogP contribution in [0.4, 0.5) is 11.6 Å².